The van der Waals surface area contributed by atoms with Gasteiger partial charge in [0.1, 0.15) is 5.82 Å². The van der Waals surface area contributed by atoms with Gasteiger partial charge in [-0.2, -0.15) is 4.31 Å². The molecule has 5 nitrogen and oxygen atoms in total. The first kappa shape index (κ1) is 23.4. The van der Waals surface area contributed by atoms with Crippen LogP contribution in [0.25, 0.3) is 0 Å². The van der Waals surface area contributed by atoms with Crippen LogP contribution in [0.1, 0.15) is 27.6 Å². The number of rotatable bonds is 7. The minimum Gasteiger partial charge on any atom is -0.330 e. The molecular formula is C25H25FN2O3S2. The lowest BCUT2D eigenvalue weighted by Crippen LogP contribution is -2.46. The van der Waals surface area contributed by atoms with E-state index in [4.69, 9.17) is 0 Å². The lowest BCUT2D eigenvalue weighted by atomic mass is 9.90. The summed E-state index contributed by atoms with van der Waals surface area (Å²) in [7, 11) is -4.00. The second-order valence-corrected chi connectivity index (χ2v) is 10.9. The van der Waals surface area contributed by atoms with E-state index >= 15 is 0 Å². The fourth-order valence-corrected chi connectivity index (χ4v) is 6.47. The predicted molar refractivity (Wildman–Crippen MR) is 128 cm³/mol. The second kappa shape index (κ2) is 9.59. The van der Waals surface area contributed by atoms with E-state index < -0.39 is 15.8 Å². The van der Waals surface area contributed by atoms with Crippen molar-refractivity contribution in [1.82, 2.24) is 9.21 Å². The summed E-state index contributed by atoms with van der Waals surface area (Å²) >= 11 is 1.68. The van der Waals surface area contributed by atoms with Crippen LogP contribution in [0.3, 0.4) is 0 Å². The smallest absolute Gasteiger partial charge is 0.243 e. The summed E-state index contributed by atoms with van der Waals surface area (Å²) in [6.07, 6.45) is 2.17. The molecule has 2 aromatic carbocycles. The molecule has 1 aromatic heterocycles. The number of sulfonamides is 1. The molecule has 1 aliphatic heterocycles. The van der Waals surface area contributed by atoms with Crippen LogP contribution in [0.2, 0.25) is 0 Å². The number of benzene rings is 2. The van der Waals surface area contributed by atoms with Crippen molar-refractivity contribution in [3.8, 4) is 0 Å². The molecule has 1 unspecified atom stereocenters. The van der Waals surface area contributed by atoms with Crippen molar-refractivity contribution in [2.24, 2.45) is 0 Å². The van der Waals surface area contributed by atoms with Crippen LogP contribution < -0.4 is 0 Å². The van der Waals surface area contributed by atoms with Crippen LogP contribution >= 0.6 is 11.3 Å². The summed E-state index contributed by atoms with van der Waals surface area (Å²) < 4.78 is 40.8. The number of halogens is 1. The molecule has 1 aliphatic rings. The van der Waals surface area contributed by atoms with E-state index in [9.17, 15) is 17.6 Å². The highest BCUT2D eigenvalue weighted by Gasteiger charge is 2.35. The zero-order valence-corrected chi connectivity index (χ0v) is 19.9. The number of nitrogens with zero attached hydrogens (tertiary/aromatic N) is 2. The van der Waals surface area contributed by atoms with E-state index in [-0.39, 0.29) is 29.9 Å². The number of aryl methyl sites for hydroxylation is 1. The number of amides is 1. The number of hydrogen-bond donors (Lipinski definition) is 0. The van der Waals surface area contributed by atoms with Gasteiger partial charge in [0.05, 0.1) is 17.5 Å². The van der Waals surface area contributed by atoms with Gasteiger partial charge in [-0.05, 0) is 65.7 Å². The molecule has 0 fully saturated rings. The maximum atomic E-state index is 13.6. The van der Waals surface area contributed by atoms with Crippen molar-refractivity contribution < 1.29 is 17.6 Å². The monoisotopic (exact) mass is 484 g/mol. The highest BCUT2D eigenvalue weighted by atomic mass is 32.2. The Hall–Kier alpha value is -2.81. The quantitative estimate of drug-likeness (QED) is 0.463. The molecule has 0 saturated carbocycles. The SMILES string of the molecule is C=CCN(CC(=O)N1CCc2sccc2C1c1ccccc1C)S(=O)(=O)c1ccc(F)cc1. The van der Waals surface area contributed by atoms with Crippen LogP contribution in [-0.4, -0.2) is 43.2 Å². The lowest BCUT2D eigenvalue weighted by Gasteiger charge is -2.38. The Bertz CT molecular complexity index is 1270. The fourth-order valence-electron chi connectivity index (χ4n) is 4.20. The van der Waals surface area contributed by atoms with Crippen molar-refractivity contribution in [2.45, 2.75) is 24.3 Å². The third-order valence-electron chi connectivity index (χ3n) is 5.87. The van der Waals surface area contributed by atoms with E-state index in [1.807, 2.05) is 42.6 Å². The van der Waals surface area contributed by atoms with Crippen LogP contribution in [0.4, 0.5) is 4.39 Å². The van der Waals surface area contributed by atoms with Crippen molar-refractivity contribution in [3.63, 3.8) is 0 Å². The Morgan fingerprint density at radius 3 is 2.61 bits per heavy atom. The molecule has 1 amide bonds. The molecule has 0 N–H and O–H groups in total. The van der Waals surface area contributed by atoms with E-state index in [1.165, 1.54) is 23.1 Å². The molecule has 33 heavy (non-hydrogen) atoms. The van der Waals surface area contributed by atoms with Crippen molar-refractivity contribution in [3.05, 3.63) is 100 Å². The van der Waals surface area contributed by atoms with E-state index in [0.717, 1.165) is 39.5 Å². The van der Waals surface area contributed by atoms with Gasteiger partial charge in [0.25, 0.3) is 0 Å². The Morgan fingerprint density at radius 1 is 1.18 bits per heavy atom. The van der Waals surface area contributed by atoms with Crippen molar-refractivity contribution in [1.29, 1.82) is 0 Å². The number of carbonyl (C=O) groups is 1. The highest BCUT2D eigenvalue weighted by Crippen LogP contribution is 2.39. The fraction of sp³-hybridized carbons (Fsp3) is 0.240. The highest BCUT2D eigenvalue weighted by molar-refractivity contribution is 7.89. The average Bonchev–Trinajstić information content (AvgIpc) is 3.28. The molecular weight excluding hydrogens is 459 g/mol. The van der Waals surface area contributed by atoms with Gasteiger partial charge in [-0.3, -0.25) is 4.79 Å². The van der Waals surface area contributed by atoms with Gasteiger partial charge >= 0.3 is 0 Å². The molecule has 0 radical (unpaired) electrons. The molecule has 8 heteroatoms. The average molecular weight is 485 g/mol. The molecule has 2 heterocycles. The van der Waals surface area contributed by atoms with Crippen molar-refractivity contribution in [2.75, 3.05) is 19.6 Å². The van der Waals surface area contributed by atoms with Crippen LogP contribution in [-0.2, 0) is 21.2 Å². The second-order valence-electron chi connectivity index (χ2n) is 7.94. The Kier molecular flexibility index (Phi) is 6.78. The molecule has 0 bridgehead atoms. The van der Waals surface area contributed by atoms with E-state index in [1.54, 1.807) is 16.2 Å². The molecule has 0 aliphatic carbocycles. The first-order valence-corrected chi connectivity index (χ1v) is 12.9. The minimum absolute atomic E-state index is 0.0297. The topological polar surface area (TPSA) is 57.7 Å². The predicted octanol–water partition coefficient (Wildman–Crippen LogP) is 4.55. The first-order chi connectivity index (χ1) is 15.8. The van der Waals surface area contributed by atoms with Gasteiger partial charge in [-0.15, -0.1) is 17.9 Å². The molecule has 3 aromatic rings. The van der Waals surface area contributed by atoms with Crippen LogP contribution in [0, 0.1) is 12.7 Å². The first-order valence-electron chi connectivity index (χ1n) is 10.6. The molecule has 172 valence electrons. The summed E-state index contributed by atoms with van der Waals surface area (Å²) in [5.74, 6) is -0.811. The normalized spacial score (nSPS) is 16.0. The number of fused-ring (bicyclic) bond motifs is 1. The summed E-state index contributed by atoms with van der Waals surface area (Å²) in [6, 6.07) is 14.3. The Morgan fingerprint density at radius 2 is 1.91 bits per heavy atom. The van der Waals surface area contributed by atoms with Gasteiger partial charge in [-0.1, -0.05) is 30.3 Å². The van der Waals surface area contributed by atoms with Crippen LogP contribution in [0.5, 0.6) is 0 Å². The van der Waals surface area contributed by atoms with Crippen LogP contribution in [0.15, 0.2) is 77.5 Å². The van der Waals surface area contributed by atoms with Gasteiger partial charge in [0.15, 0.2) is 0 Å². The summed E-state index contributed by atoms with van der Waals surface area (Å²) in [4.78, 5) is 16.5. The largest absolute Gasteiger partial charge is 0.330 e. The number of thiophene rings is 1. The van der Waals surface area contributed by atoms with Gasteiger partial charge in [0, 0.05) is 18.0 Å². The number of hydrogen-bond acceptors (Lipinski definition) is 4. The zero-order valence-electron chi connectivity index (χ0n) is 18.3. The zero-order chi connectivity index (χ0) is 23.6. The van der Waals surface area contributed by atoms with Gasteiger partial charge in [-0.25, -0.2) is 12.8 Å². The standard InChI is InChI=1S/C25H25FN2O3S2/c1-3-14-27(33(30,31)20-10-8-19(26)9-11-20)17-24(29)28-15-12-23-22(13-16-32-23)25(28)21-7-5-4-6-18(21)2/h3-11,13,16,25H,1,12,14-15,17H2,2H3. The number of carbonyl (C=O) groups excluding carboxylic acids is 1. The molecule has 1 atom stereocenters. The Balaban J connectivity index is 1.67. The Labute approximate surface area is 197 Å². The van der Waals surface area contributed by atoms with Crippen molar-refractivity contribution >= 4 is 27.3 Å². The maximum absolute atomic E-state index is 13.6. The van der Waals surface area contributed by atoms with Gasteiger partial charge in [0.2, 0.25) is 15.9 Å². The third kappa shape index (κ3) is 4.64. The molecule has 0 saturated heterocycles. The summed E-state index contributed by atoms with van der Waals surface area (Å²) in [5, 5.41) is 2.03. The summed E-state index contributed by atoms with van der Waals surface area (Å²) in [6.45, 7) is 5.81. The van der Waals surface area contributed by atoms with E-state index in [0.29, 0.717) is 6.54 Å². The third-order valence-corrected chi connectivity index (χ3v) is 8.69. The minimum atomic E-state index is -4.00. The van der Waals surface area contributed by atoms with Gasteiger partial charge < -0.3 is 4.90 Å². The maximum Gasteiger partial charge on any atom is 0.243 e. The van der Waals surface area contributed by atoms with E-state index in [2.05, 4.69) is 6.58 Å². The molecule has 0 spiro atoms. The lowest BCUT2D eigenvalue weighted by molar-refractivity contribution is -0.133. The molecule has 4 rings (SSSR count). The summed E-state index contributed by atoms with van der Waals surface area (Å²) in [5.41, 5.74) is 3.19.